The van der Waals surface area contributed by atoms with Crippen molar-refractivity contribution in [3.8, 4) is 0 Å². The first kappa shape index (κ1) is 13.9. The summed E-state index contributed by atoms with van der Waals surface area (Å²) in [7, 11) is 3.08. The van der Waals surface area contributed by atoms with Crippen LogP contribution < -0.4 is 0 Å². The average molecular weight is 215 g/mol. The van der Waals surface area contributed by atoms with Gasteiger partial charge in [0.1, 0.15) is 0 Å². The highest BCUT2D eigenvalue weighted by Gasteiger charge is 2.17. The van der Waals surface area contributed by atoms with Crippen molar-refractivity contribution >= 4 is 11.9 Å². The van der Waals surface area contributed by atoms with E-state index in [0.29, 0.717) is 13.0 Å². The standard InChI is InChI=1S/C11H21NO3/c1-5-6-7-10(13)12(3)8-9(2)11(14)15-4/h9H,5-8H2,1-4H3. The topological polar surface area (TPSA) is 46.6 Å². The van der Waals surface area contributed by atoms with Crippen molar-refractivity contribution in [2.75, 3.05) is 20.7 Å². The first-order valence-electron chi connectivity index (χ1n) is 5.34. The quantitative estimate of drug-likeness (QED) is 0.630. The van der Waals surface area contributed by atoms with Crippen LogP contribution in [0.25, 0.3) is 0 Å². The fraction of sp³-hybridized carbons (Fsp3) is 0.818. The van der Waals surface area contributed by atoms with E-state index in [1.807, 2.05) is 6.92 Å². The summed E-state index contributed by atoms with van der Waals surface area (Å²) in [5.74, 6) is -0.441. The van der Waals surface area contributed by atoms with Crippen LogP contribution in [0.3, 0.4) is 0 Å². The zero-order valence-electron chi connectivity index (χ0n) is 10.1. The zero-order valence-corrected chi connectivity index (χ0v) is 10.1. The van der Waals surface area contributed by atoms with Gasteiger partial charge in [0.2, 0.25) is 5.91 Å². The van der Waals surface area contributed by atoms with Gasteiger partial charge in [-0.3, -0.25) is 9.59 Å². The Labute approximate surface area is 91.6 Å². The molecule has 0 saturated heterocycles. The molecule has 15 heavy (non-hydrogen) atoms. The molecule has 0 aromatic heterocycles. The van der Waals surface area contributed by atoms with Crippen molar-refractivity contribution in [3.05, 3.63) is 0 Å². The van der Waals surface area contributed by atoms with Gasteiger partial charge in [0.05, 0.1) is 13.0 Å². The number of hydrogen-bond donors (Lipinski definition) is 0. The molecule has 1 unspecified atom stereocenters. The molecule has 0 aliphatic rings. The summed E-state index contributed by atoms with van der Waals surface area (Å²) in [6, 6.07) is 0. The monoisotopic (exact) mass is 215 g/mol. The Morgan fingerprint density at radius 1 is 1.40 bits per heavy atom. The third kappa shape index (κ3) is 5.40. The molecule has 0 aliphatic carbocycles. The Morgan fingerprint density at radius 2 is 2.00 bits per heavy atom. The number of nitrogens with zero attached hydrogens (tertiary/aromatic N) is 1. The van der Waals surface area contributed by atoms with Crippen LogP contribution in [0.2, 0.25) is 0 Å². The van der Waals surface area contributed by atoms with Gasteiger partial charge in [0.25, 0.3) is 0 Å². The van der Waals surface area contributed by atoms with Crippen molar-refractivity contribution in [2.45, 2.75) is 33.1 Å². The highest BCUT2D eigenvalue weighted by molar-refractivity contribution is 5.77. The summed E-state index contributed by atoms with van der Waals surface area (Å²) in [5, 5.41) is 0. The molecule has 0 bridgehead atoms. The molecule has 4 heteroatoms. The summed E-state index contributed by atoms with van der Waals surface area (Å²) in [6.45, 7) is 4.23. The van der Waals surface area contributed by atoms with Gasteiger partial charge < -0.3 is 9.64 Å². The normalized spacial score (nSPS) is 12.0. The van der Waals surface area contributed by atoms with Gasteiger partial charge in [-0.15, -0.1) is 0 Å². The fourth-order valence-electron chi connectivity index (χ4n) is 1.31. The summed E-state index contributed by atoms with van der Waals surface area (Å²) >= 11 is 0. The van der Waals surface area contributed by atoms with E-state index in [-0.39, 0.29) is 17.8 Å². The van der Waals surface area contributed by atoms with Crippen LogP contribution >= 0.6 is 0 Å². The molecule has 0 spiro atoms. The van der Waals surface area contributed by atoms with Gasteiger partial charge in [-0.25, -0.2) is 0 Å². The van der Waals surface area contributed by atoms with E-state index >= 15 is 0 Å². The van der Waals surface area contributed by atoms with E-state index in [1.165, 1.54) is 7.11 Å². The molecular weight excluding hydrogens is 194 g/mol. The first-order chi connectivity index (χ1) is 7.02. The molecule has 0 rings (SSSR count). The number of amides is 1. The van der Waals surface area contributed by atoms with E-state index < -0.39 is 0 Å². The lowest BCUT2D eigenvalue weighted by Crippen LogP contribution is -2.33. The Morgan fingerprint density at radius 3 is 2.47 bits per heavy atom. The lowest BCUT2D eigenvalue weighted by atomic mass is 10.1. The lowest BCUT2D eigenvalue weighted by Gasteiger charge is -2.20. The number of unbranched alkanes of at least 4 members (excludes halogenated alkanes) is 1. The largest absolute Gasteiger partial charge is 0.469 e. The SMILES string of the molecule is CCCCC(=O)N(C)CC(C)C(=O)OC. The Kier molecular flexibility index (Phi) is 6.75. The Balaban J connectivity index is 3.95. The highest BCUT2D eigenvalue weighted by atomic mass is 16.5. The van der Waals surface area contributed by atoms with Crippen LogP contribution in [0.1, 0.15) is 33.1 Å². The van der Waals surface area contributed by atoms with Crippen LogP contribution in [0, 0.1) is 5.92 Å². The molecule has 0 saturated carbocycles. The summed E-state index contributed by atoms with van der Waals surface area (Å²) in [4.78, 5) is 24.2. The summed E-state index contributed by atoms with van der Waals surface area (Å²) in [6.07, 6.45) is 2.46. The number of carbonyl (C=O) groups excluding carboxylic acids is 2. The van der Waals surface area contributed by atoms with E-state index in [9.17, 15) is 9.59 Å². The van der Waals surface area contributed by atoms with Gasteiger partial charge >= 0.3 is 5.97 Å². The molecule has 0 radical (unpaired) electrons. The molecule has 1 amide bonds. The summed E-state index contributed by atoms with van der Waals surface area (Å²) < 4.78 is 4.60. The third-order valence-corrected chi connectivity index (χ3v) is 2.32. The number of ether oxygens (including phenoxy) is 1. The Bertz CT molecular complexity index is 216. The number of esters is 1. The van der Waals surface area contributed by atoms with Crippen LogP contribution in [0.5, 0.6) is 0 Å². The average Bonchev–Trinajstić information content (AvgIpc) is 2.24. The number of carbonyl (C=O) groups is 2. The van der Waals surface area contributed by atoms with Gasteiger partial charge in [0, 0.05) is 20.0 Å². The van der Waals surface area contributed by atoms with Crippen molar-refractivity contribution in [3.63, 3.8) is 0 Å². The smallest absolute Gasteiger partial charge is 0.310 e. The maximum atomic E-state index is 11.5. The molecule has 0 N–H and O–H groups in total. The molecule has 0 aliphatic heterocycles. The van der Waals surface area contributed by atoms with E-state index in [2.05, 4.69) is 4.74 Å². The van der Waals surface area contributed by atoms with Gasteiger partial charge in [-0.1, -0.05) is 20.3 Å². The minimum Gasteiger partial charge on any atom is -0.469 e. The lowest BCUT2D eigenvalue weighted by molar-refractivity contribution is -0.146. The van der Waals surface area contributed by atoms with Gasteiger partial charge in [0.15, 0.2) is 0 Å². The predicted molar refractivity (Wildman–Crippen MR) is 58.3 cm³/mol. The molecule has 0 aromatic carbocycles. The van der Waals surface area contributed by atoms with Crippen LogP contribution in [0.15, 0.2) is 0 Å². The van der Waals surface area contributed by atoms with Gasteiger partial charge in [-0.2, -0.15) is 0 Å². The first-order valence-corrected chi connectivity index (χ1v) is 5.34. The van der Waals surface area contributed by atoms with Crippen LogP contribution in [0.4, 0.5) is 0 Å². The minimum atomic E-state index is -0.273. The molecular formula is C11H21NO3. The predicted octanol–water partition coefficient (Wildman–Crippen LogP) is 1.44. The van der Waals surface area contributed by atoms with Crippen LogP contribution in [-0.4, -0.2) is 37.5 Å². The van der Waals surface area contributed by atoms with E-state index in [4.69, 9.17) is 0 Å². The van der Waals surface area contributed by atoms with Crippen molar-refractivity contribution < 1.29 is 14.3 Å². The molecule has 0 aromatic rings. The van der Waals surface area contributed by atoms with E-state index in [1.54, 1.807) is 18.9 Å². The van der Waals surface area contributed by atoms with Crippen molar-refractivity contribution in [1.82, 2.24) is 4.90 Å². The number of hydrogen-bond acceptors (Lipinski definition) is 3. The maximum absolute atomic E-state index is 11.5. The molecule has 4 nitrogen and oxygen atoms in total. The number of methoxy groups -OCH3 is 1. The maximum Gasteiger partial charge on any atom is 0.310 e. The van der Waals surface area contributed by atoms with Crippen molar-refractivity contribution in [1.29, 1.82) is 0 Å². The fourth-order valence-corrected chi connectivity index (χ4v) is 1.31. The molecule has 1 atom stereocenters. The number of rotatable bonds is 6. The zero-order chi connectivity index (χ0) is 11.8. The minimum absolute atomic E-state index is 0.0904. The Hall–Kier alpha value is -1.06. The van der Waals surface area contributed by atoms with Crippen LogP contribution in [-0.2, 0) is 14.3 Å². The second kappa shape index (κ2) is 7.26. The molecule has 0 fully saturated rings. The van der Waals surface area contributed by atoms with Gasteiger partial charge in [-0.05, 0) is 6.42 Å². The van der Waals surface area contributed by atoms with E-state index in [0.717, 1.165) is 12.8 Å². The molecule has 0 heterocycles. The second-order valence-corrected chi connectivity index (χ2v) is 3.80. The highest BCUT2D eigenvalue weighted by Crippen LogP contribution is 2.04. The second-order valence-electron chi connectivity index (χ2n) is 3.80. The molecule has 88 valence electrons. The third-order valence-electron chi connectivity index (χ3n) is 2.32. The van der Waals surface area contributed by atoms with Crippen molar-refractivity contribution in [2.24, 2.45) is 5.92 Å². The summed E-state index contributed by atoms with van der Waals surface area (Å²) in [5.41, 5.74) is 0.